The molecule has 0 amide bonds. The molecule has 19 heavy (non-hydrogen) atoms. The number of fused-ring (bicyclic) bond motifs is 1. The third-order valence-electron chi connectivity index (χ3n) is 3.38. The van der Waals surface area contributed by atoms with Gasteiger partial charge in [-0.15, -0.1) is 0 Å². The number of nitrogens with zero attached hydrogens (tertiary/aromatic N) is 2. The van der Waals surface area contributed by atoms with Crippen LogP contribution < -0.4 is 5.73 Å². The van der Waals surface area contributed by atoms with Crippen molar-refractivity contribution in [1.82, 2.24) is 14.5 Å². The molecule has 0 bridgehead atoms. The van der Waals surface area contributed by atoms with Crippen LogP contribution in [0.5, 0.6) is 0 Å². The number of aromatic nitrogens is 2. The molecule has 0 unspecified atom stereocenters. The molecule has 6 nitrogen and oxygen atoms in total. The Labute approximate surface area is 111 Å². The average molecular weight is 278 g/mol. The predicted molar refractivity (Wildman–Crippen MR) is 70.7 cm³/mol. The highest BCUT2D eigenvalue weighted by molar-refractivity contribution is 7.89. The first kappa shape index (κ1) is 12.2. The molecule has 2 heterocycles. The number of nitrogen functional groups attached to an aromatic ring is 1. The van der Waals surface area contributed by atoms with E-state index in [2.05, 4.69) is 10.2 Å². The van der Waals surface area contributed by atoms with E-state index in [1.54, 1.807) is 0 Å². The third-order valence-corrected chi connectivity index (χ3v) is 5.19. The second kappa shape index (κ2) is 4.36. The Morgan fingerprint density at radius 3 is 2.95 bits per heavy atom. The Hall–Kier alpha value is -1.86. The molecule has 0 spiro atoms. The molecular formula is C12H14N4O2S. The van der Waals surface area contributed by atoms with Gasteiger partial charge in [0.05, 0.1) is 6.20 Å². The molecule has 100 valence electrons. The lowest BCUT2D eigenvalue weighted by Gasteiger charge is -2.28. The summed E-state index contributed by atoms with van der Waals surface area (Å²) in [5, 5.41) is 6.22. The second-order valence-electron chi connectivity index (χ2n) is 4.51. The van der Waals surface area contributed by atoms with E-state index < -0.39 is 10.0 Å². The minimum atomic E-state index is -3.48. The molecule has 7 heteroatoms. The van der Waals surface area contributed by atoms with Gasteiger partial charge in [0.15, 0.2) is 0 Å². The van der Waals surface area contributed by atoms with E-state index in [4.69, 9.17) is 5.73 Å². The van der Waals surface area contributed by atoms with E-state index in [0.717, 1.165) is 16.8 Å². The van der Waals surface area contributed by atoms with Gasteiger partial charge in [0, 0.05) is 25.0 Å². The number of hydrogen-bond acceptors (Lipinski definition) is 4. The first-order chi connectivity index (χ1) is 9.09. The van der Waals surface area contributed by atoms with Crippen LogP contribution in [0.2, 0.25) is 0 Å². The van der Waals surface area contributed by atoms with Crippen molar-refractivity contribution in [2.75, 3.05) is 12.3 Å². The number of nitrogens with two attached hydrogens (primary N) is 1. The van der Waals surface area contributed by atoms with Gasteiger partial charge in [0.2, 0.25) is 10.0 Å². The quantitative estimate of drug-likeness (QED) is 0.792. The Bertz CT molecular complexity index is 695. The van der Waals surface area contributed by atoms with Crippen molar-refractivity contribution in [3.63, 3.8) is 0 Å². The van der Waals surface area contributed by atoms with Gasteiger partial charge in [-0.1, -0.05) is 12.1 Å². The molecule has 1 aliphatic rings. The third kappa shape index (κ3) is 2.00. The van der Waals surface area contributed by atoms with Gasteiger partial charge in [-0.25, -0.2) is 8.42 Å². The van der Waals surface area contributed by atoms with Gasteiger partial charge in [0.25, 0.3) is 0 Å². The number of benzene rings is 1. The zero-order valence-electron chi connectivity index (χ0n) is 10.2. The molecule has 1 aromatic heterocycles. The molecule has 1 aromatic carbocycles. The van der Waals surface area contributed by atoms with Crippen molar-refractivity contribution in [3.8, 4) is 0 Å². The number of rotatable bonds is 2. The van der Waals surface area contributed by atoms with Crippen molar-refractivity contribution in [2.45, 2.75) is 17.9 Å². The molecule has 0 atom stereocenters. The van der Waals surface area contributed by atoms with Crippen molar-refractivity contribution >= 4 is 15.7 Å². The standard InChI is InChI=1S/C12H14N4O2S/c13-12-3-1-2-9-8-16(5-4-11(9)12)19(17,18)10-6-14-15-7-10/h1-3,6-7H,4-5,8,13H2,(H,14,15). The molecule has 0 saturated heterocycles. The van der Waals surface area contributed by atoms with Crippen LogP contribution in [0.4, 0.5) is 5.69 Å². The van der Waals surface area contributed by atoms with Gasteiger partial charge in [0.1, 0.15) is 4.90 Å². The number of hydrogen-bond donors (Lipinski definition) is 2. The van der Waals surface area contributed by atoms with Crippen molar-refractivity contribution in [1.29, 1.82) is 0 Å². The number of H-pyrrole nitrogens is 1. The molecule has 0 aliphatic carbocycles. The van der Waals surface area contributed by atoms with Crippen LogP contribution in [-0.2, 0) is 23.0 Å². The van der Waals surface area contributed by atoms with E-state index >= 15 is 0 Å². The molecule has 0 radical (unpaired) electrons. The van der Waals surface area contributed by atoms with E-state index in [9.17, 15) is 8.42 Å². The monoisotopic (exact) mass is 278 g/mol. The minimum Gasteiger partial charge on any atom is -0.398 e. The lowest BCUT2D eigenvalue weighted by molar-refractivity contribution is 0.392. The Morgan fingerprint density at radius 2 is 2.21 bits per heavy atom. The fourth-order valence-corrected chi connectivity index (χ4v) is 3.67. The number of sulfonamides is 1. The van der Waals surface area contributed by atoms with Gasteiger partial charge < -0.3 is 5.73 Å². The summed E-state index contributed by atoms with van der Waals surface area (Å²) in [5.74, 6) is 0. The van der Waals surface area contributed by atoms with Crippen LogP contribution in [0.1, 0.15) is 11.1 Å². The van der Waals surface area contributed by atoms with Gasteiger partial charge in [-0.05, 0) is 23.6 Å². The van der Waals surface area contributed by atoms with E-state index in [1.807, 2.05) is 18.2 Å². The van der Waals surface area contributed by atoms with Crippen LogP contribution in [0, 0.1) is 0 Å². The molecule has 0 fully saturated rings. The summed E-state index contributed by atoms with van der Waals surface area (Å²) < 4.78 is 26.2. The summed E-state index contributed by atoms with van der Waals surface area (Å²) in [6, 6.07) is 5.62. The normalized spacial score (nSPS) is 16.2. The maximum Gasteiger partial charge on any atom is 0.246 e. The number of nitrogens with one attached hydrogen (secondary N) is 1. The fraction of sp³-hybridized carbons (Fsp3) is 0.250. The van der Waals surface area contributed by atoms with Crippen molar-refractivity contribution < 1.29 is 8.42 Å². The fourth-order valence-electron chi connectivity index (χ4n) is 2.35. The van der Waals surface area contributed by atoms with Crippen LogP contribution >= 0.6 is 0 Å². The van der Waals surface area contributed by atoms with Crippen molar-refractivity contribution in [3.05, 3.63) is 41.7 Å². The topological polar surface area (TPSA) is 92.1 Å². The van der Waals surface area contributed by atoms with Crippen LogP contribution in [0.3, 0.4) is 0 Å². The first-order valence-electron chi connectivity index (χ1n) is 5.94. The van der Waals surface area contributed by atoms with Gasteiger partial charge in [-0.3, -0.25) is 5.10 Å². The predicted octanol–water partition coefficient (Wildman–Crippen LogP) is 0.739. The highest BCUT2D eigenvalue weighted by Gasteiger charge is 2.29. The molecule has 2 aromatic rings. The Kier molecular flexibility index (Phi) is 2.79. The van der Waals surface area contributed by atoms with Crippen LogP contribution in [0.15, 0.2) is 35.5 Å². The number of aromatic amines is 1. The first-order valence-corrected chi connectivity index (χ1v) is 7.38. The molecule has 0 saturated carbocycles. The summed E-state index contributed by atoms with van der Waals surface area (Å²) in [5.41, 5.74) is 8.67. The molecule has 1 aliphatic heterocycles. The Morgan fingerprint density at radius 1 is 1.37 bits per heavy atom. The van der Waals surface area contributed by atoms with Crippen LogP contribution in [0.25, 0.3) is 0 Å². The minimum absolute atomic E-state index is 0.194. The molecule has 3 N–H and O–H groups in total. The van der Waals surface area contributed by atoms with Crippen molar-refractivity contribution in [2.24, 2.45) is 0 Å². The SMILES string of the molecule is Nc1cccc2c1CCN(S(=O)(=O)c1cn[nH]c1)C2. The zero-order chi connectivity index (χ0) is 13.5. The second-order valence-corrected chi connectivity index (χ2v) is 6.45. The summed E-state index contributed by atoms with van der Waals surface area (Å²) in [4.78, 5) is 0.194. The van der Waals surface area contributed by atoms with Gasteiger partial charge in [-0.2, -0.15) is 9.40 Å². The molecular weight excluding hydrogens is 264 g/mol. The largest absolute Gasteiger partial charge is 0.398 e. The summed E-state index contributed by atoms with van der Waals surface area (Å²) >= 11 is 0. The average Bonchev–Trinajstić information content (AvgIpc) is 2.93. The van der Waals surface area contributed by atoms with Crippen LogP contribution in [-0.4, -0.2) is 29.5 Å². The lowest BCUT2D eigenvalue weighted by atomic mass is 9.99. The Balaban J connectivity index is 1.95. The maximum atomic E-state index is 12.4. The van der Waals surface area contributed by atoms with E-state index in [1.165, 1.54) is 16.7 Å². The highest BCUT2D eigenvalue weighted by Crippen LogP contribution is 2.27. The van der Waals surface area contributed by atoms with Gasteiger partial charge >= 0.3 is 0 Å². The van der Waals surface area contributed by atoms with E-state index in [-0.39, 0.29) is 4.90 Å². The molecule has 3 rings (SSSR count). The zero-order valence-corrected chi connectivity index (χ0v) is 11.0. The lowest BCUT2D eigenvalue weighted by Crippen LogP contribution is -2.36. The summed E-state index contributed by atoms with van der Waals surface area (Å²) in [7, 11) is -3.48. The smallest absolute Gasteiger partial charge is 0.246 e. The highest BCUT2D eigenvalue weighted by atomic mass is 32.2. The summed E-state index contributed by atoms with van der Waals surface area (Å²) in [6.45, 7) is 0.794. The maximum absolute atomic E-state index is 12.4. The summed E-state index contributed by atoms with van der Waals surface area (Å²) in [6.07, 6.45) is 3.35. The number of anilines is 1. The van der Waals surface area contributed by atoms with E-state index in [0.29, 0.717) is 19.5 Å².